The molecule has 2 aromatic rings. The second kappa shape index (κ2) is 4.83. The fourth-order valence-corrected chi connectivity index (χ4v) is 3.44. The minimum Gasteiger partial charge on any atom is -0.493 e. The zero-order chi connectivity index (χ0) is 15.2. The molecule has 0 amide bonds. The third kappa shape index (κ3) is 2.30. The molecule has 1 aliphatic rings. The van der Waals surface area contributed by atoms with Gasteiger partial charge in [-0.25, -0.2) is 4.98 Å². The van der Waals surface area contributed by atoms with E-state index in [9.17, 15) is 0 Å². The minimum absolute atomic E-state index is 0.365. The molecule has 0 radical (unpaired) electrons. The van der Waals surface area contributed by atoms with Crippen molar-refractivity contribution in [1.29, 1.82) is 0 Å². The number of ether oxygens (including phenoxy) is 2. The third-order valence-corrected chi connectivity index (χ3v) is 4.53. The van der Waals surface area contributed by atoms with Crippen molar-refractivity contribution in [3.63, 3.8) is 0 Å². The molecule has 2 N–H and O–H groups in total. The number of anilines is 1. The lowest BCUT2D eigenvalue weighted by Gasteiger charge is -2.19. The monoisotopic (exact) mass is 289 g/mol. The van der Waals surface area contributed by atoms with E-state index >= 15 is 0 Å². The third-order valence-electron chi connectivity index (χ3n) is 4.53. The molecule has 0 aliphatic heterocycles. The van der Waals surface area contributed by atoms with Crippen LogP contribution in [-0.4, -0.2) is 23.8 Å². The van der Waals surface area contributed by atoms with Gasteiger partial charge in [0.15, 0.2) is 11.5 Å². The predicted molar refractivity (Wildman–Crippen MR) is 83.9 cm³/mol. The van der Waals surface area contributed by atoms with Crippen LogP contribution in [0.3, 0.4) is 0 Å². The summed E-state index contributed by atoms with van der Waals surface area (Å²) < 4.78 is 12.9. The first-order valence-corrected chi connectivity index (χ1v) is 7.34. The first kappa shape index (κ1) is 14.0. The number of fused-ring (bicyclic) bond motifs is 1. The van der Waals surface area contributed by atoms with E-state index in [2.05, 4.69) is 23.4 Å². The van der Waals surface area contributed by atoms with Gasteiger partial charge >= 0.3 is 0 Å². The number of nitrogens with two attached hydrogens (primary N) is 1. The Balaban J connectivity index is 2.12. The fraction of sp³-hybridized carbons (Fsp3) is 0.562. The van der Waals surface area contributed by atoms with E-state index in [1.807, 2.05) is 12.1 Å². The van der Waals surface area contributed by atoms with Crippen LogP contribution in [0.15, 0.2) is 12.1 Å². The van der Waals surface area contributed by atoms with E-state index in [1.54, 1.807) is 14.2 Å². The Morgan fingerprint density at radius 1 is 1.24 bits per heavy atom. The molecule has 21 heavy (non-hydrogen) atoms. The summed E-state index contributed by atoms with van der Waals surface area (Å²) in [7, 11) is 3.27. The van der Waals surface area contributed by atoms with Gasteiger partial charge in [-0.05, 0) is 24.7 Å². The van der Waals surface area contributed by atoms with Crippen LogP contribution in [0.25, 0.3) is 11.0 Å². The van der Waals surface area contributed by atoms with Crippen LogP contribution >= 0.6 is 0 Å². The number of nitrogens with zero attached hydrogens (tertiary/aromatic N) is 2. The van der Waals surface area contributed by atoms with E-state index < -0.39 is 0 Å². The summed E-state index contributed by atoms with van der Waals surface area (Å²) in [6.45, 7) is 4.62. The van der Waals surface area contributed by atoms with Gasteiger partial charge in [0.2, 0.25) is 5.95 Å². The maximum atomic E-state index is 6.18. The topological polar surface area (TPSA) is 62.3 Å². The second-order valence-electron chi connectivity index (χ2n) is 6.60. The molecule has 5 nitrogen and oxygen atoms in total. The maximum Gasteiger partial charge on any atom is 0.201 e. The average molecular weight is 289 g/mol. The van der Waals surface area contributed by atoms with Gasteiger partial charge in [0.25, 0.3) is 0 Å². The SMILES string of the molecule is COc1cc2nc(N)n(C3CCC(C)(C)C3)c2cc1OC. The molecule has 114 valence electrons. The molecule has 0 bridgehead atoms. The number of methoxy groups -OCH3 is 2. The number of imidazole rings is 1. The van der Waals surface area contributed by atoms with E-state index in [1.165, 1.54) is 6.42 Å². The number of rotatable bonds is 3. The lowest BCUT2D eigenvalue weighted by molar-refractivity contribution is 0.354. The molecule has 1 saturated carbocycles. The van der Waals surface area contributed by atoms with Crippen molar-refractivity contribution in [2.45, 2.75) is 39.2 Å². The normalized spacial score (nSPS) is 20.9. The molecule has 1 aromatic carbocycles. The molecular weight excluding hydrogens is 266 g/mol. The molecule has 1 fully saturated rings. The minimum atomic E-state index is 0.365. The summed E-state index contributed by atoms with van der Waals surface area (Å²) in [5.41, 5.74) is 8.42. The van der Waals surface area contributed by atoms with Gasteiger partial charge in [-0.1, -0.05) is 13.8 Å². The van der Waals surface area contributed by atoms with Crippen LogP contribution in [0.2, 0.25) is 0 Å². The van der Waals surface area contributed by atoms with Gasteiger partial charge in [0, 0.05) is 18.2 Å². The second-order valence-corrected chi connectivity index (χ2v) is 6.60. The first-order chi connectivity index (χ1) is 9.95. The molecule has 1 aromatic heterocycles. The van der Waals surface area contributed by atoms with E-state index in [0.717, 1.165) is 23.9 Å². The number of aromatic nitrogens is 2. The van der Waals surface area contributed by atoms with Crippen LogP contribution in [0.5, 0.6) is 11.5 Å². The van der Waals surface area contributed by atoms with Crippen LogP contribution in [-0.2, 0) is 0 Å². The lowest BCUT2D eigenvalue weighted by atomic mass is 9.92. The van der Waals surface area contributed by atoms with Gasteiger partial charge in [-0.15, -0.1) is 0 Å². The van der Waals surface area contributed by atoms with E-state index in [0.29, 0.717) is 28.9 Å². The predicted octanol–water partition coefficient (Wildman–Crippen LogP) is 3.39. The lowest BCUT2D eigenvalue weighted by Crippen LogP contribution is -2.11. The van der Waals surface area contributed by atoms with Crippen molar-refractivity contribution in [1.82, 2.24) is 9.55 Å². The Bertz CT molecular complexity index is 676. The highest BCUT2D eigenvalue weighted by molar-refractivity contribution is 5.82. The fourth-order valence-electron chi connectivity index (χ4n) is 3.44. The molecule has 5 heteroatoms. The summed E-state index contributed by atoms with van der Waals surface area (Å²) in [5, 5.41) is 0. The molecule has 1 unspecified atom stereocenters. The van der Waals surface area contributed by atoms with Crippen molar-refractivity contribution >= 4 is 17.0 Å². The molecular formula is C16H23N3O2. The highest BCUT2D eigenvalue weighted by atomic mass is 16.5. The van der Waals surface area contributed by atoms with Crippen molar-refractivity contribution < 1.29 is 9.47 Å². The van der Waals surface area contributed by atoms with Crippen molar-refractivity contribution in [2.24, 2.45) is 5.41 Å². The largest absolute Gasteiger partial charge is 0.493 e. The van der Waals surface area contributed by atoms with E-state index in [-0.39, 0.29) is 0 Å². The van der Waals surface area contributed by atoms with Crippen molar-refractivity contribution in [3.05, 3.63) is 12.1 Å². The zero-order valence-electron chi connectivity index (χ0n) is 13.1. The molecule has 0 saturated heterocycles. The van der Waals surface area contributed by atoms with Gasteiger partial charge in [0.05, 0.1) is 25.3 Å². The zero-order valence-corrected chi connectivity index (χ0v) is 13.1. The Morgan fingerprint density at radius 2 is 1.90 bits per heavy atom. The summed E-state index contributed by atoms with van der Waals surface area (Å²) in [5.74, 6) is 1.97. The molecule has 3 rings (SSSR count). The number of benzene rings is 1. The average Bonchev–Trinajstić information content (AvgIpc) is 2.95. The highest BCUT2D eigenvalue weighted by Crippen LogP contribution is 2.46. The summed E-state index contributed by atoms with van der Waals surface area (Å²) in [4.78, 5) is 4.49. The van der Waals surface area contributed by atoms with Crippen molar-refractivity contribution in [2.75, 3.05) is 20.0 Å². The quantitative estimate of drug-likeness (QED) is 0.940. The van der Waals surface area contributed by atoms with Gasteiger partial charge in [0.1, 0.15) is 0 Å². The molecule has 1 atom stereocenters. The summed E-state index contributed by atoms with van der Waals surface area (Å²) in [6, 6.07) is 4.27. The van der Waals surface area contributed by atoms with Crippen LogP contribution in [0.4, 0.5) is 5.95 Å². The number of hydrogen-bond acceptors (Lipinski definition) is 4. The van der Waals surface area contributed by atoms with Crippen LogP contribution in [0, 0.1) is 5.41 Å². The smallest absolute Gasteiger partial charge is 0.201 e. The van der Waals surface area contributed by atoms with Gasteiger partial charge in [-0.2, -0.15) is 0 Å². The summed E-state index contributed by atoms with van der Waals surface area (Å²) in [6.07, 6.45) is 3.47. The first-order valence-electron chi connectivity index (χ1n) is 7.34. The Kier molecular flexibility index (Phi) is 3.23. The Labute approximate surface area is 125 Å². The van der Waals surface area contributed by atoms with Crippen LogP contribution in [0.1, 0.15) is 39.2 Å². The van der Waals surface area contributed by atoms with Crippen molar-refractivity contribution in [3.8, 4) is 11.5 Å². The van der Waals surface area contributed by atoms with Gasteiger partial charge < -0.3 is 19.8 Å². The van der Waals surface area contributed by atoms with Crippen LogP contribution < -0.4 is 15.2 Å². The Morgan fingerprint density at radius 3 is 2.48 bits per heavy atom. The van der Waals surface area contributed by atoms with Gasteiger partial charge in [-0.3, -0.25) is 0 Å². The Hall–Kier alpha value is -1.91. The number of nitrogen functional groups attached to an aromatic ring is 1. The summed E-state index contributed by atoms with van der Waals surface area (Å²) >= 11 is 0. The molecule has 0 spiro atoms. The maximum absolute atomic E-state index is 6.18. The van der Waals surface area contributed by atoms with E-state index in [4.69, 9.17) is 15.2 Å². The molecule has 1 aliphatic carbocycles. The highest BCUT2D eigenvalue weighted by Gasteiger charge is 2.33. The molecule has 1 heterocycles. The standard InChI is InChI=1S/C16H23N3O2/c1-16(2)6-5-10(9-16)19-12-8-14(21-4)13(20-3)7-11(12)18-15(19)17/h7-8,10H,5-6,9H2,1-4H3,(H2,17,18). The number of hydrogen-bond donors (Lipinski definition) is 1.